The Morgan fingerprint density at radius 3 is 2.50 bits per heavy atom. The van der Waals surface area contributed by atoms with Crippen molar-refractivity contribution in [3.8, 4) is 0 Å². The van der Waals surface area contributed by atoms with Crippen LogP contribution in [0.15, 0.2) is 30.3 Å². The van der Waals surface area contributed by atoms with Crippen molar-refractivity contribution in [2.75, 3.05) is 7.05 Å². The molecule has 0 aromatic heterocycles. The van der Waals surface area contributed by atoms with E-state index in [9.17, 15) is 9.59 Å². The molecule has 0 aliphatic carbocycles. The largest absolute Gasteiger partial charge is 0.460 e. The first-order chi connectivity index (χ1) is 7.65. The number of hydrogen-bond acceptors (Lipinski definition) is 3. The first kappa shape index (κ1) is 12.2. The lowest BCUT2D eigenvalue weighted by atomic mass is 10.1. The molecule has 1 rings (SSSR count). The molecule has 0 aliphatic heterocycles. The fourth-order valence-corrected chi connectivity index (χ4v) is 1.18. The zero-order valence-electron chi connectivity index (χ0n) is 9.40. The van der Waals surface area contributed by atoms with E-state index in [0.717, 1.165) is 5.56 Å². The molecule has 1 unspecified atom stereocenters. The number of carbonyl (C=O) groups excluding carboxylic acids is 2. The molecule has 0 heterocycles. The smallest absolute Gasteiger partial charge is 0.318 e. The quantitative estimate of drug-likeness (QED) is 0.612. The average Bonchev–Trinajstić information content (AvgIpc) is 2.35. The molecular formula is C12H15NO3. The zero-order valence-corrected chi connectivity index (χ0v) is 9.40. The molecule has 16 heavy (non-hydrogen) atoms. The van der Waals surface area contributed by atoms with E-state index in [1.807, 2.05) is 30.3 Å². The maximum absolute atomic E-state index is 11.4. The van der Waals surface area contributed by atoms with Crippen molar-refractivity contribution in [3.63, 3.8) is 0 Å². The maximum Gasteiger partial charge on any atom is 0.318 e. The minimum Gasteiger partial charge on any atom is -0.460 e. The van der Waals surface area contributed by atoms with Gasteiger partial charge in [-0.15, -0.1) is 0 Å². The highest BCUT2D eigenvalue weighted by Gasteiger charge is 2.21. The van der Waals surface area contributed by atoms with Crippen molar-refractivity contribution < 1.29 is 14.3 Å². The first-order valence-corrected chi connectivity index (χ1v) is 5.07. The fraction of sp³-hybridized carbons (Fsp3) is 0.333. The predicted molar refractivity (Wildman–Crippen MR) is 59.5 cm³/mol. The summed E-state index contributed by atoms with van der Waals surface area (Å²) in [6.45, 7) is 1.72. The van der Waals surface area contributed by atoms with E-state index in [1.165, 1.54) is 14.0 Å². The molecule has 1 aromatic rings. The average molecular weight is 221 g/mol. The molecule has 0 bridgehead atoms. The summed E-state index contributed by atoms with van der Waals surface area (Å²) in [6, 6.07) is 9.34. The summed E-state index contributed by atoms with van der Waals surface area (Å²) in [5, 5.41) is 2.40. The van der Waals surface area contributed by atoms with Gasteiger partial charge in [0.05, 0.1) is 0 Å². The highest BCUT2D eigenvalue weighted by Crippen LogP contribution is 2.04. The third-order valence-corrected chi connectivity index (χ3v) is 2.22. The molecule has 0 fully saturated rings. The van der Waals surface area contributed by atoms with Gasteiger partial charge in [-0.05, 0) is 12.5 Å². The molecule has 1 aromatic carbocycles. The van der Waals surface area contributed by atoms with Gasteiger partial charge in [-0.3, -0.25) is 9.59 Å². The van der Waals surface area contributed by atoms with Crippen LogP contribution in [0.5, 0.6) is 0 Å². The van der Waals surface area contributed by atoms with E-state index >= 15 is 0 Å². The van der Waals surface area contributed by atoms with Crippen LogP contribution in [0.25, 0.3) is 0 Å². The van der Waals surface area contributed by atoms with Crippen molar-refractivity contribution >= 4 is 11.9 Å². The molecule has 0 saturated carbocycles. The number of esters is 1. The summed E-state index contributed by atoms with van der Waals surface area (Å²) in [6.07, 6.45) is 0. The molecule has 0 radical (unpaired) electrons. The number of nitrogens with one attached hydrogen (secondary N) is 1. The molecule has 0 aliphatic rings. The van der Waals surface area contributed by atoms with E-state index in [0.29, 0.717) is 0 Å². The minimum atomic E-state index is -0.770. The third-order valence-electron chi connectivity index (χ3n) is 2.22. The van der Waals surface area contributed by atoms with Crippen LogP contribution in [-0.2, 0) is 20.9 Å². The van der Waals surface area contributed by atoms with Crippen LogP contribution in [-0.4, -0.2) is 18.9 Å². The van der Waals surface area contributed by atoms with Crippen molar-refractivity contribution in [1.29, 1.82) is 0 Å². The minimum absolute atomic E-state index is 0.195. The first-order valence-electron chi connectivity index (χ1n) is 5.07. The van der Waals surface area contributed by atoms with Crippen LogP contribution >= 0.6 is 0 Å². The molecule has 4 heteroatoms. The Bertz CT molecular complexity index is 362. The Morgan fingerprint density at radius 1 is 1.31 bits per heavy atom. The Labute approximate surface area is 94.6 Å². The Hall–Kier alpha value is -1.84. The van der Waals surface area contributed by atoms with E-state index in [2.05, 4.69) is 5.32 Å². The normalized spacial score (nSPS) is 11.6. The van der Waals surface area contributed by atoms with E-state index in [4.69, 9.17) is 4.74 Å². The number of carbonyl (C=O) groups is 2. The van der Waals surface area contributed by atoms with Crippen molar-refractivity contribution in [3.05, 3.63) is 35.9 Å². The molecule has 1 amide bonds. The van der Waals surface area contributed by atoms with Gasteiger partial charge < -0.3 is 10.1 Å². The van der Waals surface area contributed by atoms with Crippen molar-refractivity contribution in [1.82, 2.24) is 5.32 Å². The van der Waals surface area contributed by atoms with Gasteiger partial charge in [0.25, 0.3) is 0 Å². The predicted octanol–water partition coefficient (Wildman–Crippen LogP) is 1.11. The summed E-state index contributed by atoms with van der Waals surface area (Å²) in [5.74, 6) is -1.62. The number of hydrogen-bond donors (Lipinski definition) is 1. The summed E-state index contributed by atoms with van der Waals surface area (Å²) in [4.78, 5) is 22.6. The summed E-state index contributed by atoms with van der Waals surface area (Å²) >= 11 is 0. The number of rotatable bonds is 4. The van der Waals surface area contributed by atoms with Gasteiger partial charge in [0.2, 0.25) is 5.91 Å². The fourth-order valence-electron chi connectivity index (χ4n) is 1.18. The second-order valence-corrected chi connectivity index (χ2v) is 3.43. The van der Waals surface area contributed by atoms with Gasteiger partial charge in [0.15, 0.2) is 0 Å². The van der Waals surface area contributed by atoms with E-state index in [1.54, 1.807) is 0 Å². The lowest BCUT2D eigenvalue weighted by molar-refractivity contribution is -0.152. The van der Waals surface area contributed by atoms with Gasteiger partial charge in [0, 0.05) is 7.05 Å². The Morgan fingerprint density at radius 2 is 1.94 bits per heavy atom. The van der Waals surface area contributed by atoms with Crippen LogP contribution in [0.3, 0.4) is 0 Å². The molecule has 1 atom stereocenters. The molecular weight excluding hydrogens is 206 g/mol. The monoisotopic (exact) mass is 221 g/mol. The molecule has 86 valence electrons. The zero-order chi connectivity index (χ0) is 12.0. The second kappa shape index (κ2) is 5.90. The summed E-state index contributed by atoms with van der Waals surface area (Å²) in [7, 11) is 1.49. The number of amides is 1. The van der Waals surface area contributed by atoms with Crippen LogP contribution < -0.4 is 5.32 Å². The number of benzene rings is 1. The lowest BCUT2D eigenvalue weighted by Gasteiger charge is -2.09. The van der Waals surface area contributed by atoms with Crippen molar-refractivity contribution in [2.45, 2.75) is 13.5 Å². The van der Waals surface area contributed by atoms with Gasteiger partial charge in [-0.1, -0.05) is 30.3 Å². The standard InChI is InChI=1S/C12H15NO3/c1-9(11(14)13-2)12(15)16-8-10-6-4-3-5-7-10/h3-7,9H,8H2,1-2H3,(H,13,14). The van der Waals surface area contributed by atoms with Crippen LogP contribution in [0.4, 0.5) is 0 Å². The van der Waals surface area contributed by atoms with E-state index < -0.39 is 11.9 Å². The maximum atomic E-state index is 11.4. The van der Waals surface area contributed by atoms with Gasteiger partial charge in [-0.25, -0.2) is 0 Å². The highest BCUT2D eigenvalue weighted by molar-refractivity contribution is 5.97. The summed E-state index contributed by atoms with van der Waals surface area (Å²) in [5.41, 5.74) is 0.903. The van der Waals surface area contributed by atoms with Gasteiger partial charge in [-0.2, -0.15) is 0 Å². The Kier molecular flexibility index (Phi) is 4.51. The topological polar surface area (TPSA) is 55.4 Å². The van der Waals surface area contributed by atoms with Crippen molar-refractivity contribution in [2.24, 2.45) is 5.92 Å². The molecule has 4 nitrogen and oxygen atoms in total. The lowest BCUT2D eigenvalue weighted by Crippen LogP contribution is -2.32. The third kappa shape index (κ3) is 3.38. The second-order valence-electron chi connectivity index (χ2n) is 3.43. The van der Waals surface area contributed by atoms with Crippen LogP contribution in [0, 0.1) is 5.92 Å². The molecule has 0 saturated heterocycles. The van der Waals surface area contributed by atoms with E-state index in [-0.39, 0.29) is 12.5 Å². The van der Waals surface area contributed by atoms with Crippen LogP contribution in [0.1, 0.15) is 12.5 Å². The van der Waals surface area contributed by atoms with Gasteiger partial charge in [0.1, 0.15) is 12.5 Å². The van der Waals surface area contributed by atoms with Gasteiger partial charge >= 0.3 is 5.97 Å². The number of ether oxygens (including phenoxy) is 1. The van der Waals surface area contributed by atoms with Crippen LogP contribution in [0.2, 0.25) is 0 Å². The molecule has 0 spiro atoms. The molecule has 1 N–H and O–H groups in total. The summed E-state index contributed by atoms with van der Waals surface area (Å²) < 4.78 is 5.01. The Balaban J connectivity index is 2.44. The highest BCUT2D eigenvalue weighted by atomic mass is 16.5. The SMILES string of the molecule is CNC(=O)C(C)C(=O)OCc1ccccc1.